The van der Waals surface area contributed by atoms with Gasteiger partial charge in [-0.05, 0) is 31.0 Å². The molecule has 0 aliphatic rings. The lowest BCUT2D eigenvalue weighted by Gasteiger charge is -2.13. The number of aliphatic hydroxyl groups is 1. The molecule has 4 heteroatoms. The van der Waals surface area contributed by atoms with Crippen molar-refractivity contribution in [2.24, 2.45) is 0 Å². The van der Waals surface area contributed by atoms with E-state index >= 15 is 0 Å². The van der Waals surface area contributed by atoms with Crippen LogP contribution in [0.5, 0.6) is 5.75 Å². The molecule has 0 saturated carbocycles. The highest BCUT2D eigenvalue weighted by Crippen LogP contribution is 2.22. The number of carbonyl (C=O) groups excluding carboxylic acids is 1. The molecule has 1 aromatic carbocycles. The lowest BCUT2D eigenvalue weighted by molar-refractivity contribution is 0.100. The van der Waals surface area contributed by atoms with Gasteiger partial charge in [-0.1, -0.05) is 35.3 Å². The first-order chi connectivity index (χ1) is 8.58. The average Bonchev–Trinajstić information content (AvgIpc) is 2.36. The van der Waals surface area contributed by atoms with Crippen molar-refractivity contribution in [3.63, 3.8) is 0 Å². The van der Waals surface area contributed by atoms with Crippen LogP contribution in [0.2, 0.25) is 0 Å². The van der Waals surface area contributed by atoms with E-state index in [9.17, 15) is 9.90 Å². The Morgan fingerprint density at radius 3 is 2.78 bits per heavy atom. The van der Waals surface area contributed by atoms with Crippen molar-refractivity contribution in [2.45, 2.75) is 32.8 Å². The van der Waals surface area contributed by atoms with Crippen LogP contribution in [0.15, 0.2) is 18.2 Å². The van der Waals surface area contributed by atoms with E-state index in [0.29, 0.717) is 11.3 Å². The minimum atomic E-state index is -0.549. The van der Waals surface area contributed by atoms with Crippen LogP contribution >= 0.6 is 15.9 Å². The highest BCUT2D eigenvalue weighted by atomic mass is 79.9. The number of hydrogen-bond acceptors (Lipinski definition) is 3. The Balaban J connectivity index is 2.97. The van der Waals surface area contributed by atoms with E-state index in [2.05, 4.69) is 22.9 Å². The first-order valence-corrected chi connectivity index (χ1v) is 7.23. The first kappa shape index (κ1) is 15.2. The molecule has 1 aromatic rings. The van der Waals surface area contributed by atoms with Gasteiger partial charge in [-0.3, -0.25) is 4.79 Å². The Bertz CT molecular complexity index is 402. The SMILES string of the molecule is CCCc1ccc(OCC(C)O)c(C(=O)CBr)c1. The minimum Gasteiger partial charge on any atom is -0.490 e. The van der Waals surface area contributed by atoms with E-state index in [1.165, 1.54) is 0 Å². The van der Waals surface area contributed by atoms with Crippen LogP contribution in [0.4, 0.5) is 0 Å². The molecule has 0 aliphatic heterocycles. The third-order valence-corrected chi connectivity index (χ3v) is 2.99. The lowest BCUT2D eigenvalue weighted by atomic mass is 10.0. The molecule has 0 amide bonds. The number of aliphatic hydroxyl groups excluding tert-OH is 1. The molecule has 1 unspecified atom stereocenters. The molecule has 0 aliphatic carbocycles. The number of carbonyl (C=O) groups is 1. The standard InChI is InChI=1S/C14H19BrO3/c1-3-4-11-5-6-14(18-9-10(2)16)12(7-11)13(17)8-15/h5-7,10,16H,3-4,8-9H2,1-2H3. The molecule has 1 rings (SSSR count). The van der Waals surface area contributed by atoms with Crippen LogP contribution in [0, 0.1) is 0 Å². The van der Waals surface area contributed by atoms with Crippen LogP contribution in [0.1, 0.15) is 36.2 Å². The quantitative estimate of drug-likeness (QED) is 0.621. The monoisotopic (exact) mass is 314 g/mol. The van der Waals surface area contributed by atoms with Crippen LogP contribution < -0.4 is 4.74 Å². The number of Topliss-reactive ketones (excluding diaryl/α,β-unsaturated/α-hetero) is 1. The number of halogens is 1. The zero-order chi connectivity index (χ0) is 13.5. The number of rotatable bonds is 7. The second-order valence-corrected chi connectivity index (χ2v) is 4.86. The van der Waals surface area contributed by atoms with Gasteiger partial charge in [0.15, 0.2) is 5.78 Å². The maximum atomic E-state index is 11.8. The Hall–Kier alpha value is -0.870. The fraction of sp³-hybridized carbons (Fsp3) is 0.500. The molecular formula is C14H19BrO3. The molecule has 0 heterocycles. The molecule has 1 N–H and O–H groups in total. The molecule has 0 spiro atoms. The van der Waals surface area contributed by atoms with Gasteiger partial charge in [-0.2, -0.15) is 0 Å². The second kappa shape index (κ2) is 7.54. The van der Waals surface area contributed by atoms with Gasteiger partial charge in [0, 0.05) is 0 Å². The van der Waals surface area contributed by atoms with E-state index in [-0.39, 0.29) is 17.7 Å². The van der Waals surface area contributed by atoms with Crippen molar-refractivity contribution >= 4 is 21.7 Å². The van der Waals surface area contributed by atoms with Gasteiger partial charge >= 0.3 is 0 Å². The highest BCUT2D eigenvalue weighted by molar-refractivity contribution is 9.09. The van der Waals surface area contributed by atoms with Gasteiger partial charge in [0.05, 0.1) is 17.0 Å². The van der Waals surface area contributed by atoms with Gasteiger partial charge in [0.1, 0.15) is 12.4 Å². The van der Waals surface area contributed by atoms with Gasteiger partial charge < -0.3 is 9.84 Å². The summed E-state index contributed by atoms with van der Waals surface area (Å²) in [6.45, 7) is 3.94. The molecule has 0 bridgehead atoms. The van der Waals surface area contributed by atoms with Crippen LogP contribution in [-0.2, 0) is 6.42 Å². The molecular weight excluding hydrogens is 296 g/mol. The number of aryl methyl sites for hydroxylation is 1. The fourth-order valence-corrected chi connectivity index (χ4v) is 1.95. The average molecular weight is 315 g/mol. The summed E-state index contributed by atoms with van der Waals surface area (Å²) in [6, 6.07) is 5.65. The van der Waals surface area contributed by atoms with Crippen molar-refractivity contribution in [1.82, 2.24) is 0 Å². The van der Waals surface area contributed by atoms with Gasteiger partial charge in [0.2, 0.25) is 0 Å². The zero-order valence-electron chi connectivity index (χ0n) is 10.8. The zero-order valence-corrected chi connectivity index (χ0v) is 12.4. The van der Waals surface area contributed by atoms with Crippen molar-refractivity contribution in [3.8, 4) is 5.75 Å². The van der Waals surface area contributed by atoms with Crippen molar-refractivity contribution in [3.05, 3.63) is 29.3 Å². The smallest absolute Gasteiger partial charge is 0.177 e. The summed E-state index contributed by atoms with van der Waals surface area (Å²) in [5.74, 6) is 0.536. The van der Waals surface area contributed by atoms with Crippen molar-refractivity contribution in [2.75, 3.05) is 11.9 Å². The molecule has 0 radical (unpaired) electrons. The maximum Gasteiger partial charge on any atom is 0.177 e. The van der Waals surface area contributed by atoms with E-state index in [1.807, 2.05) is 18.2 Å². The Morgan fingerprint density at radius 1 is 1.50 bits per heavy atom. The summed E-state index contributed by atoms with van der Waals surface area (Å²) < 4.78 is 5.46. The predicted molar refractivity (Wildman–Crippen MR) is 75.7 cm³/mol. The molecule has 3 nitrogen and oxygen atoms in total. The van der Waals surface area contributed by atoms with Gasteiger partial charge in [-0.15, -0.1) is 0 Å². The first-order valence-electron chi connectivity index (χ1n) is 6.11. The predicted octanol–water partition coefficient (Wildman–Crippen LogP) is 2.98. The molecule has 100 valence electrons. The summed E-state index contributed by atoms with van der Waals surface area (Å²) >= 11 is 3.17. The molecule has 0 aromatic heterocycles. The molecule has 1 atom stereocenters. The summed E-state index contributed by atoms with van der Waals surface area (Å²) in [4.78, 5) is 11.8. The number of ether oxygens (including phenoxy) is 1. The number of alkyl halides is 1. The van der Waals surface area contributed by atoms with Crippen molar-refractivity contribution < 1.29 is 14.6 Å². The van der Waals surface area contributed by atoms with Gasteiger partial charge in [-0.25, -0.2) is 0 Å². The van der Waals surface area contributed by atoms with E-state index in [1.54, 1.807) is 6.92 Å². The van der Waals surface area contributed by atoms with Crippen LogP contribution in [0.25, 0.3) is 0 Å². The summed E-state index contributed by atoms with van der Waals surface area (Å²) in [7, 11) is 0. The topological polar surface area (TPSA) is 46.5 Å². The maximum absolute atomic E-state index is 11.8. The largest absolute Gasteiger partial charge is 0.490 e. The molecule has 18 heavy (non-hydrogen) atoms. The number of hydrogen-bond donors (Lipinski definition) is 1. The van der Waals surface area contributed by atoms with Gasteiger partial charge in [0.25, 0.3) is 0 Å². The Labute approximate surface area is 116 Å². The summed E-state index contributed by atoms with van der Waals surface area (Å²) in [5, 5.41) is 9.49. The van der Waals surface area contributed by atoms with Crippen molar-refractivity contribution in [1.29, 1.82) is 0 Å². The van der Waals surface area contributed by atoms with Crippen LogP contribution in [-0.4, -0.2) is 28.9 Å². The van der Waals surface area contributed by atoms with Crippen LogP contribution in [0.3, 0.4) is 0 Å². The molecule has 0 fully saturated rings. The third kappa shape index (κ3) is 4.42. The summed E-state index contributed by atoms with van der Waals surface area (Å²) in [6.07, 6.45) is 1.43. The highest BCUT2D eigenvalue weighted by Gasteiger charge is 2.13. The molecule has 0 saturated heterocycles. The van der Waals surface area contributed by atoms with E-state index < -0.39 is 6.10 Å². The Morgan fingerprint density at radius 2 is 2.22 bits per heavy atom. The van der Waals surface area contributed by atoms with E-state index in [0.717, 1.165) is 18.4 Å². The summed E-state index contributed by atoms with van der Waals surface area (Å²) in [5.41, 5.74) is 1.71. The third-order valence-electron chi connectivity index (χ3n) is 2.48. The fourth-order valence-electron chi connectivity index (χ4n) is 1.65. The number of benzene rings is 1. The minimum absolute atomic E-state index is 0.00598. The lowest BCUT2D eigenvalue weighted by Crippen LogP contribution is -2.15. The van der Waals surface area contributed by atoms with E-state index in [4.69, 9.17) is 4.74 Å². The second-order valence-electron chi connectivity index (χ2n) is 4.30. The number of ketones is 1. The Kier molecular flexibility index (Phi) is 6.36. The normalized spacial score (nSPS) is 12.2.